The maximum absolute atomic E-state index is 12.7. The number of carbonyl (C=O) groups excluding carboxylic acids is 2. The van der Waals surface area contributed by atoms with Crippen molar-refractivity contribution >= 4 is 23.2 Å². The quantitative estimate of drug-likeness (QED) is 0.591. The molecular weight excluding hydrogens is 314 g/mol. The highest BCUT2D eigenvalue weighted by Crippen LogP contribution is 2.31. The number of nitrogens with two attached hydrogens (primary N) is 2. The second kappa shape index (κ2) is 7.38. The van der Waals surface area contributed by atoms with Crippen LogP contribution < -0.4 is 16.8 Å². The van der Waals surface area contributed by atoms with Crippen LogP contribution in [0.3, 0.4) is 0 Å². The van der Waals surface area contributed by atoms with E-state index in [1.54, 1.807) is 30.3 Å². The van der Waals surface area contributed by atoms with Crippen LogP contribution in [0.25, 0.3) is 11.1 Å². The molecule has 1 saturated carbocycles. The average Bonchev–Trinajstić information content (AvgIpc) is 2.62. The molecule has 0 saturated heterocycles. The molecule has 5 heteroatoms. The Labute approximate surface area is 147 Å². The first kappa shape index (κ1) is 17.0. The maximum Gasteiger partial charge on any atom is 0.258 e. The molecule has 0 spiro atoms. The second-order valence-corrected chi connectivity index (χ2v) is 6.55. The molecule has 1 aliphatic rings. The lowest BCUT2D eigenvalue weighted by Gasteiger charge is -2.20. The van der Waals surface area contributed by atoms with Gasteiger partial charge in [-0.1, -0.05) is 37.5 Å². The maximum atomic E-state index is 12.7. The summed E-state index contributed by atoms with van der Waals surface area (Å²) in [5.41, 5.74) is 14.8. The van der Waals surface area contributed by atoms with Gasteiger partial charge in [-0.2, -0.15) is 0 Å². The second-order valence-electron chi connectivity index (χ2n) is 6.55. The van der Waals surface area contributed by atoms with Crippen LogP contribution in [0, 0.1) is 5.92 Å². The Kier molecular flexibility index (Phi) is 5.03. The zero-order valence-corrected chi connectivity index (χ0v) is 14.1. The molecule has 0 bridgehead atoms. The Bertz CT molecular complexity index is 795. The summed E-state index contributed by atoms with van der Waals surface area (Å²) in [6.45, 7) is 0. The van der Waals surface area contributed by atoms with Gasteiger partial charge in [-0.05, 0) is 42.7 Å². The summed E-state index contributed by atoms with van der Waals surface area (Å²) in [5, 5.41) is 2.55. The van der Waals surface area contributed by atoms with Gasteiger partial charge in [0.1, 0.15) is 0 Å². The summed E-state index contributed by atoms with van der Waals surface area (Å²) in [4.78, 5) is 25.1. The molecule has 0 radical (unpaired) electrons. The lowest BCUT2D eigenvalue weighted by Crippen LogP contribution is -2.36. The van der Waals surface area contributed by atoms with Gasteiger partial charge in [-0.3, -0.25) is 14.9 Å². The molecule has 130 valence electrons. The van der Waals surface area contributed by atoms with E-state index in [0.717, 1.165) is 37.7 Å². The molecule has 0 aromatic heterocycles. The fourth-order valence-corrected chi connectivity index (χ4v) is 3.42. The highest BCUT2D eigenvalue weighted by Gasteiger charge is 2.24. The molecule has 1 fully saturated rings. The van der Waals surface area contributed by atoms with E-state index in [2.05, 4.69) is 5.32 Å². The van der Waals surface area contributed by atoms with Crippen molar-refractivity contribution in [1.29, 1.82) is 0 Å². The topological polar surface area (TPSA) is 98.2 Å². The average molecular weight is 337 g/mol. The third-order valence-electron chi connectivity index (χ3n) is 4.73. The number of amides is 2. The Balaban J connectivity index is 1.88. The van der Waals surface area contributed by atoms with E-state index in [1.807, 2.05) is 12.1 Å². The van der Waals surface area contributed by atoms with Crippen molar-refractivity contribution in [3.05, 3.63) is 48.0 Å². The number of imide groups is 1. The van der Waals surface area contributed by atoms with Crippen LogP contribution in [0.4, 0.5) is 11.4 Å². The fourth-order valence-electron chi connectivity index (χ4n) is 3.42. The van der Waals surface area contributed by atoms with Crippen LogP contribution in [-0.4, -0.2) is 11.8 Å². The summed E-state index contributed by atoms with van der Waals surface area (Å²) < 4.78 is 0. The smallest absolute Gasteiger partial charge is 0.258 e. The molecule has 0 aliphatic heterocycles. The highest BCUT2D eigenvalue weighted by molar-refractivity contribution is 6.10. The van der Waals surface area contributed by atoms with Gasteiger partial charge in [0, 0.05) is 28.4 Å². The van der Waals surface area contributed by atoms with Gasteiger partial charge in [0.25, 0.3) is 5.91 Å². The molecular formula is C20H23N3O2. The summed E-state index contributed by atoms with van der Waals surface area (Å²) in [6.07, 6.45) is 4.93. The van der Waals surface area contributed by atoms with Gasteiger partial charge in [0.05, 0.1) is 0 Å². The van der Waals surface area contributed by atoms with E-state index in [1.165, 1.54) is 0 Å². The van der Waals surface area contributed by atoms with Crippen molar-refractivity contribution in [2.45, 2.75) is 32.1 Å². The Hall–Kier alpha value is -2.82. The monoisotopic (exact) mass is 337 g/mol. The Morgan fingerprint density at radius 3 is 2.40 bits per heavy atom. The van der Waals surface area contributed by atoms with Crippen LogP contribution in [0.5, 0.6) is 0 Å². The molecule has 25 heavy (non-hydrogen) atoms. The van der Waals surface area contributed by atoms with E-state index < -0.39 is 5.91 Å². The van der Waals surface area contributed by atoms with Crippen molar-refractivity contribution in [3.8, 4) is 11.1 Å². The predicted octanol–water partition coefficient (Wildman–Crippen LogP) is 3.35. The SMILES string of the molecule is Nc1cccc(-c2c(N)cccc2C(=O)NC(=O)C2CCCCC2)c1. The highest BCUT2D eigenvalue weighted by atomic mass is 16.2. The van der Waals surface area contributed by atoms with Gasteiger partial charge in [0.2, 0.25) is 5.91 Å². The number of carbonyl (C=O) groups is 2. The van der Waals surface area contributed by atoms with Crippen molar-refractivity contribution in [2.24, 2.45) is 5.92 Å². The van der Waals surface area contributed by atoms with E-state index in [4.69, 9.17) is 11.5 Å². The van der Waals surface area contributed by atoms with Crippen molar-refractivity contribution in [3.63, 3.8) is 0 Å². The molecule has 0 atom stereocenters. The minimum Gasteiger partial charge on any atom is -0.399 e. The van der Waals surface area contributed by atoms with Crippen molar-refractivity contribution in [1.82, 2.24) is 5.32 Å². The van der Waals surface area contributed by atoms with Gasteiger partial charge in [-0.25, -0.2) is 0 Å². The Morgan fingerprint density at radius 1 is 0.960 bits per heavy atom. The first-order valence-electron chi connectivity index (χ1n) is 8.66. The molecule has 2 amide bonds. The molecule has 5 N–H and O–H groups in total. The van der Waals surface area contributed by atoms with Crippen molar-refractivity contribution < 1.29 is 9.59 Å². The van der Waals surface area contributed by atoms with E-state index in [9.17, 15) is 9.59 Å². The number of benzene rings is 2. The number of hydrogen-bond donors (Lipinski definition) is 3. The number of hydrogen-bond acceptors (Lipinski definition) is 4. The van der Waals surface area contributed by atoms with Crippen LogP contribution >= 0.6 is 0 Å². The number of rotatable bonds is 3. The summed E-state index contributed by atoms with van der Waals surface area (Å²) in [7, 11) is 0. The van der Waals surface area contributed by atoms with Gasteiger partial charge in [0.15, 0.2) is 0 Å². The first-order chi connectivity index (χ1) is 12.1. The fraction of sp³-hybridized carbons (Fsp3) is 0.300. The minimum atomic E-state index is -0.416. The number of nitrogens with one attached hydrogen (secondary N) is 1. The molecule has 0 heterocycles. The standard InChI is InChI=1S/C20H23N3O2/c21-15-9-4-8-14(12-15)18-16(10-5-11-17(18)22)20(25)23-19(24)13-6-2-1-3-7-13/h4-5,8-13H,1-3,6-7,21-22H2,(H,23,24,25). The summed E-state index contributed by atoms with van der Waals surface area (Å²) in [5.74, 6) is -0.680. The number of nitrogen functional groups attached to an aromatic ring is 2. The van der Waals surface area contributed by atoms with Crippen LogP contribution in [0.15, 0.2) is 42.5 Å². The van der Waals surface area contributed by atoms with E-state index >= 15 is 0 Å². The molecule has 2 aromatic carbocycles. The van der Waals surface area contributed by atoms with Crippen LogP contribution in [-0.2, 0) is 4.79 Å². The third-order valence-corrected chi connectivity index (χ3v) is 4.73. The van der Waals surface area contributed by atoms with E-state index in [0.29, 0.717) is 22.5 Å². The zero-order chi connectivity index (χ0) is 17.8. The van der Waals surface area contributed by atoms with Crippen LogP contribution in [0.2, 0.25) is 0 Å². The van der Waals surface area contributed by atoms with Crippen LogP contribution in [0.1, 0.15) is 42.5 Å². The summed E-state index contributed by atoms with van der Waals surface area (Å²) >= 11 is 0. The van der Waals surface area contributed by atoms with Gasteiger partial charge >= 0.3 is 0 Å². The Morgan fingerprint density at radius 2 is 1.68 bits per heavy atom. The zero-order valence-electron chi connectivity index (χ0n) is 14.1. The van der Waals surface area contributed by atoms with Crippen molar-refractivity contribution in [2.75, 3.05) is 11.5 Å². The first-order valence-corrected chi connectivity index (χ1v) is 8.66. The normalized spacial score (nSPS) is 14.9. The lowest BCUT2D eigenvalue weighted by atomic mass is 9.88. The molecule has 3 rings (SSSR count). The largest absolute Gasteiger partial charge is 0.399 e. The lowest BCUT2D eigenvalue weighted by molar-refractivity contribution is -0.124. The molecule has 1 aliphatic carbocycles. The third kappa shape index (κ3) is 3.82. The molecule has 5 nitrogen and oxygen atoms in total. The van der Waals surface area contributed by atoms with Gasteiger partial charge < -0.3 is 11.5 Å². The van der Waals surface area contributed by atoms with E-state index in [-0.39, 0.29) is 11.8 Å². The molecule has 0 unspecified atom stereocenters. The predicted molar refractivity (Wildman–Crippen MR) is 99.8 cm³/mol. The number of anilines is 2. The molecule has 2 aromatic rings. The van der Waals surface area contributed by atoms with Gasteiger partial charge in [-0.15, -0.1) is 0 Å². The minimum absolute atomic E-state index is 0.0745. The summed E-state index contributed by atoms with van der Waals surface area (Å²) in [6, 6.07) is 12.3.